The summed E-state index contributed by atoms with van der Waals surface area (Å²) in [4.78, 5) is 18.3. The van der Waals surface area contributed by atoms with E-state index >= 15 is 0 Å². The van der Waals surface area contributed by atoms with Gasteiger partial charge in [0.25, 0.3) is 0 Å². The number of halogens is 1. The normalized spacial score (nSPS) is 13.5. The quantitative estimate of drug-likeness (QED) is 0.884. The summed E-state index contributed by atoms with van der Waals surface area (Å²) in [6.45, 7) is 4.62. The van der Waals surface area contributed by atoms with E-state index < -0.39 is 0 Å². The molecule has 6 heteroatoms. The zero-order valence-electron chi connectivity index (χ0n) is 12.9. The first kappa shape index (κ1) is 16.8. The first-order chi connectivity index (χ1) is 10.5. The van der Waals surface area contributed by atoms with Crippen LogP contribution in [0.1, 0.15) is 36.4 Å². The van der Waals surface area contributed by atoms with E-state index in [9.17, 15) is 4.79 Å². The second-order valence-electron chi connectivity index (χ2n) is 5.34. The highest BCUT2D eigenvalue weighted by atomic mass is 35.5. The van der Waals surface area contributed by atoms with Gasteiger partial charge in [0, 0.05) is 36.1 Å². The van der Waals surface area contributed by atoms with E-state index in [1.54, 1.807) is 29.5 Å². The van der Waals surface area contributed by atoms with E-state index in [0.29, 0.717) is 11.6 Å². The van der Waals surface area contributed by atoms with Gasteiger partial charge in [0.1, 0.15) is 0 Å². The minimum absolute atomic E-state index is 0.115. The summed E-state index contributed by atoms with van der Waals surface area (Å²) >= 11 is 7.77. The maximum atomic E-state index is 12.3. The number of hydrogen-bond acceptors (Lipinski definition) is 3. The van der Waals surface area contributed by atoms with Crippen molar-refractivity contribution in [2.24, 2.45) is 0 Å². The largest absolute Gasteiger partial charge is 0.331 e. The highest BCUT2D eigenvalue weighted by molar-refractivity contribution is 7.09. The Morgan fingerprint density at radius 3 is 2.77 bits per heavy atom. The maximum Gasteiger partial charge on any atom is 0.317 e. The molecule has 1 N–H and O–H groups in total. The van der Waals surface area contributed by atoms with Crippen molar-refractivity contribution in [3.05, 3.63) is 51.4 Å². The molecule has 0 saturated heterocycles. The number of hydrogen-bond donors (Lipinski definition) is 1. The Balaban J connectivity index is 1.92. The summed E-state index contributed by atoms with van der Waals surface area (Å²) in [7, 11) is 1.79. The molecule has 0 fully saturated rings. The third kappa shape index (κ3) is 4.21. The number of likely N-dealkylation sites (N-methyl/N-ethyl adjacent to an activating group) is 1. The number of urea groups is 1. The third-order valence-electron chi connectivity index (χ3n) is 3.48. The molecule has 2 rings (SSSR count). The lowest BCUT2D eigenvalue weighted by atomic mass is 10.1. The molecule has 0 radical (unpaired) electrons. The molecule has 0 aliphatic rings. The van der Waals surface area contributed by atoms with Gasteiger partial charge in [-0.2, -0.15) is 0 Å². The van der Waals surface area contributed by atoms with Crippen LogP contribution in [0.15, 0.2) is 35.8 Å². The number of aromatic nitrogens is 1. The first-order valence-corrected chi connectivity index (χ1v) is 8.40. The van der Waals surface area contributed by atoms with Gasteiger partial charge in [0.05, 0.1) is 11.0 Å². The molecular formula is C16H20ClN3OS. The molecular weight excluding hydrogens is 318 g/mol. The summed E-state index contributed by atoms with van der Waals surface area (Å²) in [5.41, 5.74) is 0.916. The lowest BCUT2D eigenvalue weighted by molar-refractivity contribution is 0.203. The standard InChI is InChI=1S/C16H20ClN3OS/c1-11(15-18-8-9-22-15)10-20(3)16(21)19-12(2)13-6-4-5-7-14(13)17/h4-9,11-12H,10H2,1-3H3,(H,19,21)/t11-,12+/m0/s1. The second-order valence-corrected chi connectivity index (χ2v) is 6.68. The van der Waals surface area contributed by atoms with E-state index in [-0.39, 0.29) is 18.0 Å². The predicted octanol–water partition coefficient (Wildman–Crippen LogP) is 4.30. The van der Waals surface area contributed by atoms with Gasteiger partial charge in [0.15, 0.2) is 0 Å². The second kappa shape index (κ2) is 7.61. The average molecular weight is 338 g/mol. The Hall–Kier alpha value is -1.59. The molecule has 0 aliphatic carbocycles. The van der Waals surface area contributed by atoms with Crippen molar-refractivity contribution in [3.8, 4) is 0 Å². The molecule has 1 heterocycles. The lowest BCUT2D eigenvalue weighted by Crippen LogP contribution is -2.40. The van der Waals surface area contributed by atoms with Gasteiger partial charge < -0.3 is 10.2 Å². The summed E-state index contributed by atoms with van der Waals surface area (Å²) < 4.78 is 0. The Labute approximate surface area is 140 Å². The minimum Gasteiger partial charge on any atom is -0.331 e. The Morgan fingerprint density at radius 1 is 1.41 bits per heavy atom. The molecule has 0 saturated carbocycles. The number of nitrogens with zero attached hydrogens (tertiary/aromatic N) is 2. The molecule has 22 heavy (non-hydrogen) atoms. The van der Waals surface area contributed by atoms with E-state index in [2.05, 4.69) is 17.2 Å². The zero-order valence-corrected chi connectivity index (χ0v) is 14.5. The number of carbonyl (C=O) groups is 1. The molecule has 0 bridgehead atoms. The lowest BCUT2D eigenvalue weighted by Gasteiger charge is -2.24. The summed E-state index contributed by atoms with van der Waals surface area (Å²) in [5.74, 6) is 0.214. The van der Waals surface area contributed by atoms with Crippen molar-refractivity contribution in [1.82, 2.24) is 15.2 Å². The van der Waals surface area contributed by atoms with Crippen molar-refractivity contribution >= 4 is 29.0 Å². The van der Waals surface area contributed by atoms with E-state index in [4.69, 9.17) is 11.6 Å². The van der Waals surface area contributed by atoms with Crippen molar-refractivity contribution in [1.29, 1.82) is 0 Å². The van der Waals surface area contributed by atoms with E-state index in [1.807, 2.05) is 36.6 Å². The summed E-state index contributed by atoms with van der Waals surface area (Å²) in [6.07, 6.45) is 1.79. The van der Waals surface area contributed by atoms with Crippen LogP contribution in [0, 0.1) is 0 Å². The minimum atomic E-state index is -0.140. The van der Waals surface area contributed by atoms with Crippen LogP contribution < -0.4 is 5.32 Å². The number of rotatable bonds is 5. The third-order valence-corrected chi connectivity index (χ3v) is 4.83. The molecule has 118 valence electrons. The van der Waals surface area contributed by atoms with E-state index in [0.717, 1.165) is 10.6 Å². The van der Waals surface area contributed by atoms with Gasteiger partial charge in [0.2, 0.25) is 0 Å². The first-order valence-electron chi connectivity index (χ1n) is 7.14. The van der Waals surface area contributed by atoms with Gasteiger partial charge in [-0.3, -0.25) is 0 Å². The van der Waals surface area contributed by atoms with Gasteiger partial charge in [-0.25, -0.2) is 9.78 Å². The fourth-order valence-electron chi connectivity index (χ4n) is 2.25. The molecule has 2 atom stereocenters. The average Bonchev–Trinajstić information content (AvgIpc) is 3.01. The predicted molar refractivity (Wildman–Crippen MR) is 91.6 cm³/mol. The highest BCUT2D eigenvalue weighted by Gasteiger charge is 2.18. The van der Waals surface area contributed by atoms with Crippen LogP contribution in [0.2, 0.25) is 5.02 Å². The number of thiazole rings is 1. The fourth-order valence-corrected chi connectivity index (χ4v) is 3.24. The Kier molecular flexibility index (Phi) is 5.80. The molecule has 0 spiro atoms. The van der Waals surface area contributed by atoms with Crippen LogP contribution in [0.4, 0.5) is 4.79 Å². The van der Waals surface area contributed by atoms with Crippen LogP contribution in [0.3, 0.4) is 0 Å². The number of carbonyl (C=O) groups excluding carboxylic acids is 1. The molecule has 1 aromatic heterocycles. The smallest absolute Gasteiger partial charge is 0.317 e. The Morgan fingerprint density at radius 2 is 2.14 bits per heavy atom. The Bertz CT molecular complexity index is 618. The van der Waals surface area contributed by atoms with E-state index in [1.165, 1.54) is 0 Å². The molecule has 0 unspecified atom stereocenters. The van der Waals surface area contributed by atoms with Gasteiger partial charge >= 0.3 is 6.03 Å². The fraction of sp³-hybridized carbons (Fsp3) is 0.375. The SMILES string of the molecule is C[C@@H](CN(C)C(=O)N[C@H](C)c1ccccc1Cl)c1nccs1. The molecule has 2 aromatic rings. The number of amides is 2. The van der Waals surface area contributed by atoms with Gasteiger partial charge in [-0.15, -0.1) is 11.3 Å². The van der Waals surface area contributed by atoms with Crippen LogP contribution >= 0.6 is 22.9 Å². The topological polar surface area (TPSA) is 45.2 Å². The van der Waals surface area contributed by atoms with Crippen LogP contribution in [-0.4, -0.2) is 29.5 Å². The van der Waals surface area contributed by atoms with Crippen LogP contribution in [0.5, 0.6) is 0 Å². The maximum absolute atomic E-state index is 12.3. The highest BCUT2D eigenvalue weighted by Crippen LogP contribution is 2.23. The van der Waals surface area contributed by atoms with Crippen LogP contribution in [0.25, 0.3) is 0 Å². The zero-order chi connectivity index (χ0) is 16.1. The number of nitrogens with one attached hydrogen (secondary N) is 1. The van der Waals surface area contributed by atoms with Crippen molar-refractivity contribution in [3.63, 3.8) is 0 Å². The van der Waals surface area contributed by atoms with Crippen molar-refractivity contribution < 1.29 is 4.79 Å². The number of benzene rings is 1. The molecule has 4 nitrogen and oxygen atoms in total. The molecule has 0 aliphatic heterocycles. The molecule has 1 aromatic carbocycles. The van der Waals surface area contributed by atoms with Crippen molar-refractivity contribution in [2.75, 3.05) is 13.6 Å². The monoisotopic (exact) mass is 337 g/mol. The summed E-state index contributed by atoms with van der Waals surface area (Å²) in [6, 6.07) is 7.29. The summed E-state index contributed by atoms with van der Waals surface area (Å²) in [5, 5.41) is 6.62. The van der Waals surface area contributed by atoms with Gasteiger partial charge in [-0.05, 0) is 18.6 Å². The van der Waals surface area contributed by atoms with Crippen LogP contribution in [-0.2, 0) is 0 Å². The van der Waals surface area contributed by atoms with Gasteiger partial charge in [-0.1, -0.05) is 36.7 Å². The van der Waals surface area contributed by atoms with Crippen molar-refractivity contribution in [2.45, 2.75) is 25.8 Å². The molecule has 2 amide bonds.